The van der Waals surface area contributed by atoms with Crippen LogP contribution < -0.4 is 15.4 Å². The lowest BCUT2D eigenvalue weighted by atomic mass is 10.0. The van der Waals surface area contributed by atoms with E-state index in [1.54, 1.807) is 0 Å². The quantitative estimate of drug-likeness (QED) is 0.833. The average Bonchev–Trinajstić information content (AvgIpc) is 2.70. The summed E-state index contributed by atoms with van der Waals surface area (Å²) in [4.78, 5) is 4.63. The van der Waals surface area contributed by atoms with E-state index in [9.17, 15) is 5.11 Å². The molecule has 1 aromatic carbocycles. The summed E-state index contributed by atoms with van der Waals surface area (Å²) in [6.07, 6.45) is 0.909. The minimum atomic E-state index is -0.645. The second-order valence-electron chi connectivity index (χ2n) is 8.13. The third-order valence-electron chi connectivity index (χ3n) is 4.54. The summed E-state index contributed by atoms with van der Waals surface area (Å²) in [7, 11) is 0. The Hall–Kier alpha value is -1.46. The van der Waals surface area contributed by atoms with Gasteiger partial charge in [0.15, 0.2) is 0 Å². The molecule has 5 heteroatoms. The summed E-state index contributed by atoms with van der Waals surface area (Å²) in [5, 5.41) is 9.96. The summed E-state index contributed by atoms with van der Waals surface area (Å²) in [6, 6.07) is 4.17. The van der Waals surface area contributed by atoms with Gasteiger partial charge in [0.1, 0.15) is 11.4 Å². The van der Waals surface area contributed by atoms with Gasteiger partial charge in [0.05, 0.1) is 17.0 Å². The van der Waals surface area contributed by atoms with Gasteiger partial charge in [-0.2, -0.15) is 0 Å². The molecule has 0 bridgehead atoms. The van der Waals surface area contributed by atoms with Gasteiger partial charge < -0.3 is 20.5 Å². The van der Waals surface area contributed by atoms with Crippen molar-refractivity contribution in [3.63, 3.8) is 0 Å². The molecule has 2 aliphatic rings. The van der Waals surface area contributed by atoms with Crippen LogP contribution in [-0.4, -0.2) is 53.9 Å². The van der Waals surface area contributed by atoms with E-state index in [4.69, 9.17) is 10.5 Å². The number of nitrogens with two attached hydrogens (primary N) is 1. The predicted molar refractivity (Wildman–Crippen MR) is 94.2 cm³/mol. The average molecular weight is 319 g/mol. The van der Waals surface area contributed by atoms with Crippen molar-refractivity contribution in [2.75, 3.05) is 43.4 Å². The minimum absolute atomic E-state index is 0.140. The molecule has 2 heterocycles. The number of rotatable bonds is 3. The van der Waals surface area contributed by atoms with Gasteiger partial charge in [-0.3, -0.25) is 4.90 Å². The van der Waals surface area contributed by atoms with Crippen LogP contribution in [0.5, 0.6) is 5.75 Å². The summed E-state index contributed by atoms with van der Waals surface area (Å²) >= 11 is 0. The van der Waals surface area contributed by atoms with Crippen molar-refractivity contribution >= 4 is 11.4 Å². The maximum absolute atomic E-state index is 9.96. The van der Waals surface area contributed by atoms with E-state index in [0.717, 1.165) is 49.7 Å². The van der Waals surface area contributed by atoms with Gasteiger partial charge >= 0.3 is 0 Å². The Kier molecular flexibility index (Phi) is 3.97. The van der Waals surface area contributed by atoms with Crippen molar-refractivity contribution in [2.24, 2.45) is 0 Å². The molecular weight excluding hydrogens is 290 g/mol. The second-order valence-corrected chi connectivity index (χ2v) is 8.13. The molecule has 0 amide bonds. The fourth-order valence-corrected chi connectivity index (χ4v) is 3.63. The van der Waals surface area contributed by atoms with E-state index in [2.05, 4.69) is 35.8 Å². The zero-order valence-electron chi connectivity index (χ0n) is 14.7. The van der Waals surface area contributed by atoms with Gasteiger partial charge in [-0.25, -0.2) is 0 Å². The van der Waals surface area contributed by atoms with Crippen molar-refractivity contribution in [3.05, 3.63) is 17.7 Å². The monoisotopic (exact) mass is 319 g/mol. The molecule has 3 N–H and O–H groups in total. The van der Waals surface area contributed by atoms with E-state index < -0.39 is 5.60 Å². The van der Waals surface area contributed by atoms with Crippen LogP contribution in [0.4, 0.5) is 11.4 Å². The fourth-order valence-electron chi connectivity index (χ4n) is 3.63. The van der Waals surface area contributed by atoms with Crippen LogP contribution in [0.1, 0.15) is 33.3 Å². The SMILES string of the molecule is CC(C)(O)CN1CCN(c2cc3c(cc2N)CC(C)(C)O3)CC1. The van der Waals surface area contributed by atoms with Crippen molar-refractivity contribution in [3.8, 4) is 5.75 Å². The van der Waals surface area contributed by atoms with Crippen LogP contribution in [0.3, 0.4) is 0 Å². The van der Waals surface area contributed by atoms with Crippen molar-refractivity contribution < 1.29 is 9.84 Å². The summed E-state index contributed by atoms with van der Waals surface area (Å²) in [5.41, 5.74) is 8.63. The number of β-amino-alcohol motifs (C(OH)–C–C–N with tert-alkyl or cyclic N) is 1. The largest absolute Gasteiger partial charge is 0.487 e. The second kappa shape index (κ2) is 5.56. The number of hydrogen-bond acceptors (Lipinski definition) is 5. The standard InChI is InChI=1S/C18H29N3O2/c1-17(2,22)12-20-5-7-21(8-6-20)15-10-16-13(9-14(15)19)11-18(3,4)23-16/h9-10,22H,5-8,11-12,19H2,1-4H3. The van der Waals surface area contributed by atoms with Crippen LogP contribution >= 0.6 is 0 Å². The zero-order valence-corrected chi connectivity index (χ0v) is 14.7. The Morgan fingerprint density at radius 2 is 1.87 bits per heavy atom. The van der Waals surface area contributed by atoms with Gasteiger partial charge in [0, 0.05) is 50.8 Å². The molecule has 3 rings (SSSR count). The minimum Gasteiger partial charge on any atom is -0.487 e. The first-order chi connectivity index (χ1) is 10.6. The van der Waals surface area contributed by atoms with E-state index >= 15 is 0 Å². The molecule has 0 unspecified atom stereocenters. The lowest BCUT2D eigenvalue weighted by molar-refractivity contribution is 0.0345. The number of nitrogen functional groups attached to an aromatic ring is 1. The third kappa shape index (κ3) is 3.72. The van der Waals surface area contributed by atoms with Crippen LogP contribution in [0.15, 0.2) is 12.1 Å². The van der Waals surface area contributed by atoms with E-state index in [1.165, 1.54) is 5.56 Å². The van der Waals surface area contributed by atoms with Gasteiger partial charge in [-0.05, 0) is 33.8 Å². The fraction of sp³-hybridized carbons (Fsp3) is 0.667. The van der Waals surface area contributed by atoms with E-state index in [0.29, 0.717) is 6.54 Å². The number of piperazine rings is 1. The molecule has 1 saturated heterocycles. The van der Waals surface area contributed by atoms with E-state index in [-0.39, 0.29) is 5.60 Å². The molecule has 0 atom stereocenters. The summed E-state index contributed by atoms with van der Waals surface area (Å²) in [5.74, 6) is 0.970. The molecule has 5 nitrogen and oxygen atoms in total. The Morgan fingerprint density at radius 3 is 2.48 bits per heavy atom. The Morgan fingerprint density at radius 1 is 1.22 bits per heavy atom. The molecule has 0 saturated carbocycles. The molecule has 23 heavy (non-hydrogen) atoms. The molecule has 2 aliphatic heterocycles. The molecule has 0 aliphatic carbocycles. The highest BCUT2D eigenvalue weighted by Crippen LogP contribution is 2.40. The van der Waals surface area contributed by atoms with Crippen LogP contribution in [0.25, 0.3) is 0 Å². The number of aliphatic hydroxyl groups is 1. The molecule has 0 radical (unpaired) electrons. The predicted octanol–water partition coefficient (Wildman–Crippen LogP) is 1.88. The molecule has 1 aromatic rings. The van der Waals surface area contributed by atoms with Crippen molar-refractivity contribution in [2.45, 2.75) is 45.3 Å². The first-order valence-electron chi connectivity index (χ1n) is 8.44. The number of hydrogen-bond donors (Lipinski definition) is 2. The number of nitrogens with zero attached hydrogens (tertiary/aromatic N) is 2. The highest BCUT2D eigenvalue weighted by molar-refractivity contribution is 5.72. The van der Waals surface area contributed by atoms with E-state index in [1.807, 2.05) is 13.8 Å². The van der Waals surface area contributed by atoms with Gasteiger partial charge in [-0.15, -0.1) is 0 Å². The smallest absolute Gasteiger partial charge is 0.125 e. The summed E-state index contributed by atoms with van der Waals surface area (Å²) < 4.78 is 6.04. The maximum atomic E-state index is 9.96. The Labute approximate surface area is 139 Å². The number of ether oxygens (including phenoxy) is 1. The van der Waals surface area contributed by atoms with Gasteiger partial charge in [0.25, 0.3) is 0 Å². The topological polar surface area (TPSA) is 62.0 Å². The van der Waals surface area contributed by atoms with Gasteiger partial charge in [-0.1, -0.05) is 0 Å². The third-order valence-corrected chi connectivity index (χ3v) is 4.54. The van der Waals surface area contributed by atoms with Crippen molar-refractivity contribution in [1.29, 1.82) is 0 Å². The molecule has 0 spiro atoms. The molecule has 0 aromatic heterocycles. The first kappa shape index (κ1) is 16.4. The maximum Gasteiger partial charge on any atom is 0.125 e. The normalized spacial score (nSPS) is 21.2. The highest BCUT2D eigenvalue weighted by atomic mass is 16.5. The number of anilines is 2. The number of fused-ring (bicyclic) bond motifs is 1. The summed E-state index contributed by atoms with van der Waals surface area (Å²) in [6.45, 7) is 12.4. The lowest BCUT2D eigenvalue weighted by Crippen LogP contribution is -2.50. The highest BCUT2D eigenvalue weighted by Gasteiger charge is 2.32. The van der Waals surface area contributed by atoms with Gasteiger partial charge in [0.2, 0.25) is 0 Å². The molecular formula is C18H29N3O2. The zero-order chi connectivity index (χ0) is 16.8. The molecule has 1 fully saturated rings. The lowest BCUT2D eigenvalue weighted by Gasteiger charge is -2.38. The van der Waals surface area contributed by atoms with Crippen molar-refractivity contribution in [1.82, 2.24) is 4.90 Å². The Bertz CT molecular complexity index is 585. The number of benzene rings is 1. The van der Waals surface area contributed by atoms with Crippen LogP contribution in [0.2, 0.25) is 0 Å². The van der Waals surface area contributed by atoms with Crippen LogP contribution in [0, 0.1) is 0 Å². The van der Waals surface area contributed by atoms with Crippen LogP contribution in [-0.2, 0) is 6.42 Å². The molecule has 128 valence electrons. The first-order valence-corrected chi connectivity index (χ1v) is 8.44. The Balaban J connectivity index is 1.70.